The highest BCUT2D eigenvalue weighted by Gasteiger charge is 2.20. The molecule has 1 aliphatic carbocycles. The maximum absolute atomic E-state index is 3.74. The molecule has 0 aromatic rings. The number of rotatable bonds is 8. The first kappa shape index (κ1) is 14.7. The Hall–Kier alpha value is 0.660. The highest BCUT2D eigenvalue weighted by molar-refractivity contribution is 7.99. The summed E-state index contributed by atoms with van der Waals surface area (Å²) < 4.78 is 0. The lowest BCUT2D eigenvalue weighted by atomic mass is 9.95. The van der Waals surface area contributed by atoms with Gasteiger partial charge in [0.05, 0.1) is 0 Å². The van der Waals surface area contributed by atoms with Gasteiger partial charge in [0.1, 0.15) is 0 Å². The predicted octanol–water partition coefficient (Wildman–Crippen LogP) is 3.78. The summed E-state index contributed by atoms with van der Waals surface area (Å²) in [4.78, 5) is 0. The van der Waals surface area contributed by atoms with Crippen molar-refractivity contribution in [2.75, 3.05) is 23.8 Å². The number of hydrogen-bond donors (Lipinski definition) is 1. The molecule has 1 fully saturated rings. The lowest BCUT2D eigenvalue weighted by Gasteiger charge is -2.29. The molecule has 0 aliphatic heterocycles. The Bertz CT molecular complexity index is 162. The molecule has 3 heteroatoms. The van der Waals surface area contributed by atoms with E-state index in [9.17, 15) is 0 Å². The molecular weight excluding hydrogens is 234 g/mol. The van der Waals surface area contributed by atoms with Gasteiger partial charge < -0.3 is 5.32 Å². The van der Waals surface area contributed by atoms with Crippen LogP contribution in [0.1, 0.15) is 46.0 Å². The Morgan fingerprint density at radius 3 is 2.81 bits per heavy atom. The van der Waals surface area contributed by atoms with Gasteiger partial charge >= 0.3 is 0 Å². The minimum absolute atomic E-state index is 0.810. The van der Waals surface area contributed by atoms with Crippen molar-refractivity contribution in [3.05, 3.63) is 0 Å². The monoisotopic (exact) mass is 261 g/mol. The van der Waals surface area contributed by atoms with E-state index in [-0.39, 0.29) is 0 Å². The van der Waals surface area contributed by atoms with Crippen LogP contribution in [0.25, 0.3) is 0 Å². The fraction of sp³-hybridized carbons (Fsp3) is 1.00. The molecule has 0 aromatic carbocycles. The van der Waals surface area contributed by atoms with Gasteiger partial charge in [-0.05, 0) is 49.5 Å². The second kappa shape index (κ2) is 9.67. The third-order valence-electron chi connectivity index (χ3n) is 3.13. The normalized spacial score (nSPS) is 25.9. The van der Waals surface area contributed by atoms with E-state index in [1.165, 1.54) is 55.9 Å². The van der Waals surface area contributed by atoms with Crippen LogP contribution in [0.2, 0.25) is 0 Å². The molecule has 2 unspecified atom stereocenters. The maximum atomic E-state index is 3.74. The highest BCUT2D eigenvalue weighted by atomic mass is 32.2. The van der Waals surface area contributed by atoms with Crippen molar-refractivity contribution in [3.8, 4) is 0 Å². The summed E-state index contributed by atoms with van der Waals surface area (Å²) in [6, 6.07) is 0.810. The van der Waals surface area contributed by atoms with Gasteiger partial charge in [-0.1, -0.05) is 20.3 Å². The van der Waals surface area contributed by atoms with E-state index in [1.807, 2.05) is 0 Å². The van der Waals surface area contributed by atoms with Crippen LogP contribution in [-0.4, -0.2) is 35.1 Å². The molecule has 0 heterocycles. The van der Waals surface area contributed by atoms with Crippen LogP contribution in [0, 0.1) is 0 Å². The first-order valence-corrected chi connectivity index (χ1v) is 8.99. The molecule has 1 nitrogen and oxygen atoms in total. The van der Waals surface area contributed by atoms with Crippen molar-refractivity contribution in [2.24, 2.45) is 0 Å². The minimum Gasteiger partial charge on any atom is -0.314 e. The van der Waals surface area contributed by atoms with Gasteiger partial charge in [-0.25, -0.2) is 0 Å². The van der Waals surface area contributed by atoms with Gasteiger partial charge in [-0.2, -0.15) is 23.5 Å². The molecule has 96 valence electrons. The van der Waals surface area contributed by atoms with E-state index < -0.39 is 0 Å². The van der Waals surface area contributed by atoms with Crippen molar-refractivity contribution >= 4 is 23.5 Å². The first-order chi connectivity index (χ1) is 7.86. The number of nitrogens with one attached hydrogen (secondary N) is 1. The van der Waals surface area contributed by atoms with Gasteiger partial charge in [0.2, 0.25) is 0 Å². The third kappa shape index (κ3) is 6.41. The lowest BCUT2D eigenvalue weighted by Crippen LogP contribution is -2.35. The largest absolute Gasteiger partial charge is 0.314 e. The van der Waals surface area contributed by atoms with E-state index in [0.29, 0.717) is 0 Å². The van der Waals surface area contributed by atoms with Crippen LogP contribution < -0.4 is 5.32 Å². The molecule has 0 amide bonds. The molecule has 0 saturated heterocycles. The molecule has 1 aliphatic rings. The van der Waals surface area contributed by atoms with Crippen molar-refractivity contribution in [2.45, 2.75) is 57.2 Å². The zero-order valence-electron chi connectivity index (χ0n) is 10.8. The van der Waals surface area contributed by atoms with Crippen LogP contribution in [-0.2, 0) is 0 Å². The Balaban J connectivity index is 2.02. The fourth-order valence-corrected chi connectivity index (χ4v) is 4.15. The number of hydrogen-bond acceptors (Lipinski definition) is 3. The topological polar surface area (TPSA) is 12.0 Å². The molecule has 0 bridgehead atoms. The Morgan fingerprint density at radius 2 is 2.06 bits per heavy atom. The summed E-state index contributed by atoms with van der Waals surface area (Å²) in [5, 5.41) is 4.67. The van der Waals surface area contributed by atoms with Gasteiger partial charge in [0, 0.05) is 11.3 Å². The summed E-state index contributed by atoms with van der Waals surface area (Å²) in [6.07, 6.45) is 7.02. The first-order valence-electron chi connectivity index (χ1n) is 6.79. The third-order valence-corrected chi connectivity index (χ3v) is 5.35. The summed E-state index contributed by atoms with van der Waals surface area (Å²) >= 11 is 4.22. The van der Waals surface area contributed by atoms with E-state index >= 15 is 0 Å². The van der Waals surface area contributed by atoms with E-state index in [1.54, 1.807) is 0 Å². The van der Waals surface area contributed by atoms with E-state index in [2.05, 4.69) is 42.7 Å². The molecule has 1 saturated carbocycles. The van der Waals surface area contributed by atoms with Gasteiger partial charge in [0.25, 0.3) is 0 Å². The van der Waals surface area contributed by atoms with E-state index in [4.69, 9.17) is 0 Å². The summed E-state index contributed by atoms with van der Waals surface area (Å²) in [6.45, 7) is 5.75. The van der Waals surface area contributed by atoms with Gasteiger partial charge in [-0.15, -0.1) is 0 Å². The highest BCUT2D eigenvalue weighted by Crippen LogP contribution is 2.28. The molecule has 2 atom stereocenters. The molecule has 0 radical (unpaired) electrons. The average molecular weight is 262 g/mol. The molecule has 16 heavy (non-hydrogen) atoms. The molecular formula is C13H27NS2. The minimum atomic E-state index is 0.810. The van der Waals surface area contributed by atoms with Crippen LogP contribution in [0.4, 0.5) is 0 Å². The summed E-state index contributed by atoms with van der Waals surface area (Å²) in [7, 11) is 0. The standard InChI is InChI=1S/C13H27NS2/c1-3-15-10-6-9-14-12-7-5-8-13(11-12)16-4-2/h12-14H,3-11H2,1-2H3. The van der Waals surface area contributed by atoms with E-state index in [0.717, 1.165) is 11.3 Å². The second-order valence-electron chi connectivity index (χ2n) is 4.45. The Labute approximate surface area is 110 Å². The quantitative estimate of drug-likeness (QED) is 0.668. The Kier molecular flexibility index (Phi) is 8.89. The maximum Gasteiger partial charge on any atom is 0.00776 e. The zero-order valence-corrected chi connectivity index (χ0v) is 12.5. The van der Waals surface area contributed by atoms with Crippen LogP contribution in [0.15, 0.2) is 0 Å². The lowest BCUT2D eigenvalue weighted by molar-refractivity contribution is 0.382. The van der Waals surface area contributed by atoms with Crippen molar-refractivity contribution in [1.82, 2.24) is 5.32 Å². The van der Waals surface area contributed by atoms with Crippen LogP contribution in [0.3, 0.4) is 0 Å². The van der Waals surface area contributed by atoms with Crippen LogP contribution in [0.5, 0.6) is 0 Å². The summed E-state index contributed by atoms with van der Waals surface area (Å²) in [5.74, 6) is 3.87. The summed E-state index contributed by atoms with van der Waals surface area (Å²) in [5.41, 5.74) is 0. The average Bonchev–Trinajstić information content (AvgIpc) is 2.30. The Morgan fingerprint density at radius 1 is 1.19 bits per heavy atom. The van der Waals surface area contributed by atoms with Crippen LogP contribution >= 0.6 is 23.5 Å². The van der Waals surface area contributed by atoms with Gasteiger partial charge in [0.15, 0.2) is 0 Å². The molecule has 1 rings (SSSR count). The zero-order chi connectivity index (χ0) is 11.6. The fourth-order valence-electron chi connectivity index (χ4n) is 2.34. The molecule has 0 spiro atoms. The number of thioether (sulfide) groups is 2. The second-order valence-corrected chi connectivity index (χ2v) is 7.42. The van der Waals surface area contributed by atoms with Gasteiger partial charge in [-0.3, -0.25) is 0 Å². The smallest absolute Gasteiger partial charge is 0.00776 e. The SMILES string of the molecule is CCSCCCNC1CCCC(SCC)C1. The predicted molar refractivity (Wildman–Crippen MR) is 79.8 cm³/mol. The van der Waals surface area contributed by atoms with Crippen molar-refractivity contribution in [3.63, 3.8) is 0 Å². The molecule has 0 aromatic heterocycles. The van der Waals surface area contributed by atoms with Crippen molar-refractivity contribution < 1.29 is 0 Å². The van der Waals surface area contributed by atoms with Crippen molar-refractivity contribution in [1.29, 1.82) is 0 Å². The molecule has 1 N–H and O–H groups in total.